The van der Waals surface area contributed by atoms with Gasteiger partial charge in [-0.2, -0.15) is 0 Å². The Kier molecular flexibility index (Phi) is 4.26. The van der Waals surface area contributed by atoms with Crippen molar-refractivity contribution < 1.29 is 9.47 Å². The van der Waals surface area contributed by atoms with Crippen LogP contribution in [0.25, 0.3) is 0 Å². The van der Waals surface area contributed by atoms with E-state index >= 15 is 0 Å². The van der Waals surface area contributed by atoms with Gasteiger partial charge < -0.3 is 14.8 Å². The largest absolute Gasteiger partial charge is 0.493 e. The van der Waals surface area contributed by atoms with Gasteiger partial charge in [0.25, 0.3) is 0 Å². The molecule has 1 atom stereocenters. The Hall–Kier alpha value is -1.22. The number of methoxy groups -OCH3 is 1. The van der Waals surface area contributed by atoms with Crippen molar-refractivity contribution >= 4 is 0 Å². The zero-order valence-corrected chi connectivity index (χ0v) is 10.7. The van der Waals surface area contributed by atoms with Gasteiger partial charge in [-0.15, -0.1) is 0 Å². The second-order valence-electron chi connectivity index (χ2n) is 4.48. The van der Waals surface area contributed by atoms with Gasteiger partial charge in [-0.1, -0.05) is 6.07 Å². The van der Waals surface area contributed by atoms with Crippen molar-refractivity contribution in [3.63, 3.8) is 0 Å². The van der Waals surface area contributed by atoms with Gasteiger partial charge in [0, 0.05) is 0 Å². The average molecular weight is 235 g/mol. The van der Waals surface area contributed by atoms with E-state index < -0.39 is 0 Å². The molecule has 3 heteroatoms. The zero-order valence-electron chi connectivity index (χ0n) is 10.7. The Morgan fingerprint density at radius 2 is 2.24 bits per heavy atom. The average Bonchev–Trinajstić information content (AvgIpc) is 2.83. The van der Waals surface area contributed by atoms with Gasteiger partial charge in [0.05, 0.1) is 13.7 Å². The minimum Gasteiger partial charge on any atom is -0.493 e. The lowest BCUT2D eigenvalue weighted by Crippen LogP contribution is -2.10. The highest BCUT2D eigenvalue weighted by Gasteiger charge is 2.15. The molecule has 1 aromatic rings. The molecule has 1 saturated heterocycles. The summed E-state index contributed by atoms with van der Waals surface area (Å²) in [5, 5.41) is 3.40. The first-order valence-corrected chi connectivity index (χ1v) is 6.34. The Balaban J connectivity index is 2.08. The molecule has 1 unspecified atom stereocenters. The summed E-state index contributed by atoms with van der Waals surface area (Å²) in [6, 6.07) is 6.25. The Bertz CT molecular complexity index is 359. The van der Waals surface area contributed by atoms with Crippen LogP contribution in [-0.4, -0.2) is 26.8 Å². The Morgan fingerprint density at radius 1 is 1.35 bits per heavy atom. The summed E-state index contributed by atoms with van der Waals surface area (Å²) in [4.78, 5) is 0. The second kappa shape index (κ2) is 5.92. The summed E-state index contributed by atoms with van der Waals surface area (Å²) in [6.07, 6.45) is 2.40. The van der Waals surface area contributed by atoms with Crippen LogP contribution in [0, 0.1) is 5.92 Å². The molecule has 94 valence electrons. The van der Waals surface area contributed by atoms with E-state index in [9.17, 15) is 0 Å². The summed E-state index contributed by atoms with van der Waals surface area (Å²) in [7, 11) is 1.68. The van der Waals surface area contributed by atoms with E-state index in [4.69, 9.17) is 9.47 Å². The molecule has 0 bridgehead atoms. The highest BCUT2D eigenvalue weighted by Crippen LogP contribution is 2.29. The van der Waals surface area contributed by atoms with Crippen LogP contribution in [0.2, 0.25) is 0 Å². The monoisotopic (exact) mass is 235 g/mol. The fraction of sp³-hybridized carbons (Fsp3) is 0.571. The Labute approximate surface area is 103 Å². The summed E-state index contributed by atoms with van der Waals surface area (Å²) in [6.45, 7) is 4.95. The first-order chi connectivity index (χ1) is 8.33. The molecule has 0 aliphatic carbocycles. The second-order valence-corrected chi connectivity index (χ2v) is 4.48. The molecule has 3 nitrogen and oxygen atoms in total. The van der Waals surface area contributed by atoms with Gasteiger partial charge in [0.1, 0.15) is 0 Å². The van der Waals surface area contributed by atoms with Crippen LogP contribution in [-0.2, 0) is 6.42 Å². The van der Waals surface area contributed by atoms with Crippen LogP contribution >= 0.6 is 0 Å². The van der Waals surface area contributed by atoms with Crippen molar-refractivity contribution in [3.8, 4) is 11.5 Å². The quantitative estimate of drug-likeness (QED) is 0.849. The molecule has 1 aliphatic rings. The lowest BCUT2D eigenvalue weighted by atomic mass is 9.98. The highest BCUT2D eigenvalue weighted by molar-refractivity contribution is 5.43. The number of hydrogen-bond acceptors (Lipinski definition) is 3. The normalized spacial score (nSPS) is 19.3. The molecule has 1 N–H and O–H groups in total. The zero-order chi connectivity index (χ0) is 12.1. The van der Waals surface area contributed by atoms with Crippen LogP contribution in [0.3, 0.4) is 0 Å². The third-order valence-electron chi connectivity index (χ3n) is 3.21. The molecule has 1 heterocycles. The van der Waals surface area contributed by atoms with E-state index in [0.717, 1.165) is 36.9 Å². The van der Waals surface area contributed by atoms with Crippen molar-refractivity contribution in [1.82, 2.24) is 5.32 Å². The summed E-state index contributed by atoms with van der Waals surface area (Å²) in [5.74, 6) is 2.44. The summed E-state index contributed by atoms with van der Waals surface area (Å²) >= 11 is 0. The van der Waals surface area contributed by atoms with E-state index in [1.54, 1.807) is 7.11 Å². The fourth-order valence-corrected chi connectivity index (χ4v) is 2.34. The maximum Gasteiger partial charge on any atom is 0.161 e. The maximum absolute atomic E-state index is 5.59. The van der Waals surface area contributed by atoms with Crippen molar-refractivity contribution in [1.29, 1.82) is 0 Å². The Morgan fingerprint density at radius 3 is 2.88 bits per heavy atom. The van der Waals surface area contributed by atoms with Gasteiger partial charge in [-0.25, -0.2) is 0 Å². The number of rotatable bonds is 5. The summed E-state index contributed by atoms with van der Waals surface area (Å²) in [5.41, 5.74) is 1.34. The smallest absolute Gasteiger partial charge is 0.161 e. The van der Waals surface area contributed by atoms with Crippen LogP contribution in [0.5, 0.6) is 11.5 Å². The van der Waals surface area contributed by atoms with Crippen molar-refractivity contribution in [2.24, 2.45) is 5.92 Å². The van der Waals surface area contributed by atoms with E-state index in [2.05, 4.69) is 17.4 Å². The minimum atomic E-state index is 0.671. The van der Waals surface area contributed by atoms with Gasteiger partial charge >= 0.3 is 0 Å². The topological polar surface area (TPSA) is 30.5 Å². The molecule has 1 aliphatic heterocycles. The highest BCUT2D eigenvalue weighted by atomic mass is 16.5. The van der Waals surface area contributed by atoms with Crippen molar-refractivity contribution in [2.75, 3.05) is 26.8 Å². The number of hydrogen-bond donors (Lipinski definition) is 1. The van der Waals surface area contributed by atoms with Gasteiger partial charge in [0.15, 0.2) is 11.5 Å². The lowest BCUT2D eigenvalue weighted by molar-refractivity contribution is 0.310. The van der Waals surface area contributed by atoms with Crippen LogP contribution in [0.1, 0.15) is 18.9 Å². The molecular weight excluding hydrogens is 214 g/mol. The third kappa shape index (κ3) is 3.13. The first kappa shape index (κ1) is 12.2. The van der Waals surface area contributed by atoms with E-state index in [1.807, 2.05) is 13.0 Å². The maximum atomic E-state index is 5.59. The SMILES string of the molecule is CCOc1cc(CC2CCNC2)ccc1OC. The van der Waals surface area contributed by atoms with Crippen molar-refractivity contribution in [3.05, 3.63) is 23.8 Å². The standard InChI is InChI=1S/C14H21NO2/c1-3-17-14-9-11(4-5-13(14)16-2)8-12-6-7-15-10-12/h4-5,9,12,15H,3,6-8,10H2,1-2H3. The van der Waals surface area contributed by atoms with Gasteiger partial charge in [-0.3, -0.25) is 0 Å². The molecule has 1 fully saturated rings. The predicted molar refractivity (Wildman–Crippen MR) is 68.8 cm³/mol. The summed E-state index contributed by atoms with van der Waals surface area (Å²) < 4.78 is 10.9. The first-order valence-electron chi connectivity index (χ1n) is 6.34. The van der Waals surface area contributed by atoms with Crippen LogP contribution in [0.4, 0.5) is 0 Å². The van der Waals surface area contributed by atoms with E-state index in [0.29, 0.717) is 6.61 Å². The molecule has 2 rings (SSSR count). The van der Waals surface area contributed by atoms with Crippen LogP contribution in [0.15, 0.2) is 18.2 Å². The molecule has 0 saturated carbocycles. The van der Waals surface area contributed by atoms with Gasteiger partial charge in [-0.05, 0) is 56.5 Å². The number of ether oxygens (including phenoxy) is 2. The van der Waals surface area contributed by atoms with E-state index in [-0.39, 0.29) is 0 Å². The predicted octanol–water partition coefficient (Wildman–Crippen LogP) is 2.25. The molecular formula is C14H21NO2. The number of benzene rings is 1. The fourth-order valence-electron chi connectivity index (χ4n) is 2.34. The molecule has 17 heavy (non-hydrogen) atoms. The minimum absolute atomic E-state index is 0.671. The van der Waals surface area contributed by atoms with Crippen LogP contribution < -0.4 is 14.8 Å². The molecule has 0 spiro atoms. The van der Waals surface area contributed by atoms with E-state index in [1.165, 1.54) is 12.0 Å². The van der Waals surface area contributed by atoms with Crippen molar-refractivity contribution in [2.45, 2.75) is 19.8 Å². The lowest BCUT2D eigenvalue weighted by Gasteiger charge is -2.13. The molecule has 0 radical (unpaired) electrons. The number of nitrogens with one attached hydrogen (secondary N) is 1. The van der Waals surface area contributed by atoms with Gasteiger partial charge in [0.2, 0.25) is 0 Å². The molecule has 0 amide bonds. The third-order valence-corrected chi connectivity index (χ3v) is 3.21. The molecule has 1 aromatic carbocycles. The molecule has 0 aromatic heterocycles.